The molecule has 7 heteroatoms. The first-order valence-electron chi connectivity index (χ1n) is 6.57. The van der Waals surface area contributed by atoms with Gasteiger partial charge in [0.2, 0.25) is 10.0 Å². The van der Waals surface area contributed by atoms with Crippen molar-refractivity contribution in [2.45, 2.75) is 38.6 Å². The van der Waals surface area contributed by atoms with Gasteiger partial charge in [0.25, 0.3) is 5.91 Å². The fourth-order valence-corrected chi connectivity index (χ4v) is 2.60. The van der Waals surface area contributed by atoms with E-state index in [2.05, 4.69) is 0 Å². The van der Waals surface area contributed by atoms with Crippen molar-refractivity contribution in [2.75, 3.05) is 13.7 Å². The number of rotatable bonds is 5. The molecule has 0 saturated heterocycles. The Bertz CT molecular complexity index is 639. The van der Waals surface area contributed by atoms with Crippen molar-refractivity contribution < 1.29 is 17.9 Å². The molecule has 0 aromatic heterocycles. The van der Waals surface area contributed by atoms with E-state index in [0.29, 0.717) is 16.9 Å². The molecule has 0 atom stereocenters. The van der Waals surface area contributed by atoms with Gasteiger partial charge in [-0.25, -0.2) is 13.6 Å². The third-order valence-corrected chi connectivity index (χ3v) is 4.57. The summed E-state index contributed by atoms with van der Waals surface area (Å²) < 4.78 is 28.3. The van der Waals surface area contributed by atoms with Crippen LogP contribution in [0.2, 0.25) is 0 Å². The van der Waals surface area contributed by atoms with Crippen LogP contribution < -0.4 is 9.88 Å². The van der Waals surface area contributed by atoms with Gasteiger partial charge in [-0.2, -0.15) is 0 Å². The van der Waals surface area contributed by atoms with E-state index in [1.165, 1.54) is 12.1 Å². The molecule has 0 aliphatic carbocycles. The lowest BCUT2D eigenvalue weighted by atomic mass is 10.1. The van der Waals surface area contributed by atoms with Crippen LogP contribution in [0.5, 0.6) is 5.75 Å². The van der Waals surface area contributed by atoms with Crippen LogP contribution in [0.3, 0.4) is 0 Å². The molecule has 0 aliphatic rings. The normalized spacial score (nSPS) is 11.6. The van der Waals surface area contributed by atoms with Gasteiger partial charge in [0, 0.05) is 13.1 Å². The van der Waals surface area contributed by atoms with E-state index >= 15 is 0 Å². The summed E-state index contributed by atoms with van der Waals surface area (Å²) in [7, 11) is -2.05. The van der Waals surface area contributed by atoms with Gasteiger partial charge in [0.15, 0.2) is 6.61 Å². The fraction of sp³-hybridized carbons (Fsp3) is 0.500. The summed E-state index contributed by atoms with van der Waals surface area (Å²) in [6, 6.07) is 3.00. The Labute approximate surface area is 125 Å². The zero-order valence-electron chi connectivity index (χ0n) is 13.0. The van der Waals surface area contributed by atoms with Gasteiger partial charge in [0.1, 0.15) is 5.75 Å². The van der Waals surface area contributed by atoms with Crippen LogP contribution >= 0.6 is 0 Å². The number of carbonyl (C=O) groups is 1. The molecule has 1 aromatic carbocycles. The largest absolute Gasteiger partial charge is 0.483 e. The molecule has 118 valence electrons. The molecule has 2 N–H and O–H groups in total. The Balaban J connectivity index is 2.93. The Morgan fingerprint density at radius 3 is 2.33 bits per heavy atom. The first-order valence-corrected chi connectivity index (χ1v) is 8.11. The third-order valence-electron chi connectivity index (χ3n) is 3.51. The predicted octanol–water partition coefficient (Wildman–Crippen LogP) is 1.20. The lowest BCUT2D eigenvalue weighted by Gasteiger charge is -2.22. The summed E-state index contributed by atoms with van der Waals surface area (Å²) in [4.78, 5) is 13.5. The second kappa shape index (κ2) is 6.44. The molecule has 6 nitrogen and oxygen atoms in total. The second-order valence-corrected chi connectivity index (χ2v) is 6.77. The molecule has 0 fully saturated rings. The number of amides is 1. The van der Waals surface area contributed by atoms with Crippen LogP contribution in [-0.2, 0) is 14.8 Å². The molecule has 0 spiro atoms. The Kier molecular flexibility index (Phi) is 5.36. The molecule has 0 radical (unpaired) electrons. The van der Waals surface area contributed by atoms with Gasteiger partial charge >= 0.3 is 0 Å². The monoisotopic (exact) mass is 314 g/mol. The maximum Gasteiger partial charge on any atom is 0.260 e. The molecule has 0 heterocycles. The number of sulfonamides is 1. The Morgan fingerprint density at radius 1 is 1.29 bits per heavy atom. The van der Waals surface area contributed by atoms with E-state index in [4.69, 9.17) is 9.88 Å². The Hall–Kier alpha value is -1.60. The lowest BCUT2D eigenvalue weighted by molar-refractivity contribution is -0.133. The first-order chi connectivity index (χ1) is 9.55. The summed E-state index contributed by atoms with van der Waals surface area (Å²) in [5.74, 6) is 0.336. The van der Waals surface area contributed by atoms with E-state index in [1.807, 2.05) is 13.8 Å². The molecular weight excluding hydrogens is 292 g/mol. The van der Waals surface area contributed by atoms with E-state index in [0.717, 1.165) is 0 Å². The molecule has 0 aliphatic heterocycles. The second-order valence-electron chi connectivity index (χ2n) is 5.24. The number of carbonyl (C=O) groups excluding carboxylic acids is 1. The van der Waals surface area contributed by atoms with Gasteiger partial charge in [-0.15, -0.1) is 0 Å². The molecule has 0 unspecified atom stereocenters. The summed E-state index contributed by atoms with van der Waals surface area (Å²) in [6.45, 7) is 7.12. The minimum absolute atomic E-state index is 0.0676. The van der Waals surface area contributed by atoms with Gasteiger partial charge in [-0.05, 0) is 51.0 Å². The lowest BCUT2D eigenvalue weighted by Crippen LogP contribution is -2.36. The number of likely N-dealkylation sites (N-methyl/N-ethyl adjacent to an activating group) is 1. The minimum Gasteiger partial charge on any atom is -0.483 e. The van der Waals surface area contributed by atoms with E-state index in [9.17, 15) is 13.2 Å². The molecular formula is C14H22N2O4S. The number of benzene rings is 1. The van der Waals surface area contributed by atoms with Crippen molar-refractivity contribution in [2.24, 2.45) is 5.14 Å². The zero-order chi connectivity index (χ0) is 16.4. The average Bonchev–Trinajstić information content (AvgIpc) is 2.37. The Morgan fingerprint density at radius 2 is 1.86 bits per heavy atom. The van der Waals surface area contributed by atoms with Crippen LogP contribution in [0.1, 0.15) is 25.0 Å². The van der Waals surface area contributed by atoms with Crippen molar-refractivity contribution >= 4 is 15.9 Å². The molecule has 21 heavy (non-hydrogen) atoms. The number of primary sulfonamides is 1. The molecule has 1 rings (SSSR count). The predicted molar refractivity (Wildman–Crippen MR) is 80.7 cm³/mol. The van der Waals surface area contributed by atoms with Crippen molar-refractivity contribution in [3.63, 3.8) is 0 Å². The average molecular weight is 314 g/mol. The van der Waals surface area contributed by atoms with Gasteiger partial charge in [-0.3, -0.25) is 4.79 Å². The number of hydrogen-bond acceptors (Lipinski definition) is 4. The molecule has 0 bridgehead atoms. The maximum absolute atomic E-state index is 11.9. The summed E-state index contributed by atoms with van der Waals surface area (Å²) in [5, 5.41) is 5.14. The van der Waals surface area contributed by atoms with Crippen molar-refractivity contribution in [3.05, 3.63) is 23.3 Å². The highest BCUT2D eigenvalue weighted by Crippen LogP contribution is 2.26. The van der Waals surface area contributed by atoms with Crippen LogP contribution in [0.4, 0.5) is 0 Å². The SMILES string of the molecule is Cc1c(OCC(=O)N(C)C(C)C)ccc(S(N)(=O)=O)c1C. The highest BCUT2D eigenvalue weighted by molar-refractivity contribution is 7.89. The smallest absolute Gasteiger partial charge is 0.260 e. The number of nitrogens with zero attached hydrogens (tertiary/aromatic N) is 1. The van der Waals surface area contributed by atoms with E-state index in [1.54, 1.807) is 25.8 Å². The number of hydrogen-bond donors (Lipinski definition) is 1. The molecule has 0 saturated carbocycles. The summed E-state index contributed by atoms with van der Waals surface area (Å²) in [6.07, 6.45) is 0. The first kappa shape index (κ1) is 17.5. The molecule has 1 aromatic rings. The van der Waals surface area contributed by atoms with Gasteiger partial charge in [-0.1, -0.05) is 0 Å². The van der Waals surface area contributed by atoms with Gasteiger partial charge in [0.05, 0.1) is 4.90 Å². The van der Waals surface area contributed by atoms with E-state index < -0.39 is 10.0 Å². The number of ether oxygens (including phenoxy) is 1. The van der Waals surface area contributed by atoms with E-state index in [-0.39, 0.29) is 23.5 Å². The summed E-state index contributed by atoms with van der Waals surface area (Å²) >= 11 is 0. The molecule has 1 amide bonds. The van der Waals surface area contributed by atoms with Crippen LogP contribution in [0, 0.1) is 13.8 Å². The quantitative estimate of drug-likeness (QED) is 0.884. The van der Waals surface area contributed by atoms with Crippen LogP contribution in [0.15, 0.2) is 17.0 Å². The zero-order valence-corrected chi connectivity index (χ0v) is 13.8. The fourth-order valence-electron chi connectivity index (χ4n) is 1.76. The van der Waals surface area contributed by atoms with Crippen LogP contribution in [0.25, 0.3) is 0 Å². The number of nitrogens with two attached hydrogens (primary N) is 1. The highest BCUT2D eigenvalue weighted by atomic mass is 32.2. The third kappa shape index (κ3) is 4.18. The van der Waals surface area contributed by atoms with Gasteiger partial charge < -0.3 is 9.64 Å². The minimum atomic E-state index is -3.76. The maximum atomic E-state index is 11.9. The van der Waals surface area contributed by atoms with Crippen molar-refractivity contribution in [1.82, 2.24) is 4.90 Å². The highest BCUT2D eigenvalue weighted by Gasteiger charge is 2.17. The summed E-state index contributed by atoms with van der Waals surface area (Å²) in [5.41, 5.74) is 1.18. The van der Waals surface area contributed by atoms with Crippen molar-refractivity contribution in [3.8, 4) is 5.75 Å². The van der Waals surface area contributed by atoms with Crippen molar-refractivity contribution in [1.29, 1.82) is 0 Å². The standard InChI is InChI=1S/C14H22N2O4S/c1-9(2)16(5)14(17)8-20-12-6-7-13(21(15,18)19)11(4)10(12)3/h6-7,9H,8H2,1-5H3,(H2,15,18,19). The van der Waals surface area contributed by atoms with Crippen LogP contribution in [-0.4, -0.2) is 38.9 Å². The topological polar surface area (TPSA) is 89.7 Å².